The van der Waals surface area contributed by atoms with Crippen LogP contribution >= 0.6 is 0 Å². The van der Waals surface area contributed by atoms with E-state index in [4.69, 9.17) is 5.53 Å². The van der Waals surface area contributed by atoms with E-state index in [1.807, 2.05) is 0 Å². The van der Waals surface area contributed by atoms with Gasteiger partial charge in [-0.05, 0) is 19.3 Å². The zero-order chi connectivity index (χ0) is 10.6. The summed E-state index contributed by atoms with van der Waals surface area (Å²) in [7, 11) is 0. The topological polar surface area (TPSA) is 70.5 Å². The molecule has 74 valence electrons. The van der Waals surface area contributed by atoms with Gasteiger partial charge in [0, 0.05) is 6.42 Å². The summed E-state index contributed by atoms with van der Waals surface area (Å²) >= 11 is 0. The second-order valence-electron chi connectivity index (χ2n) is 3.44. The molecule has 1 saturated carbocycles. The molecule has 0 bridgehead atoms. The van der Waals surface area contributed by atoms with Gasteiger partial charge in [0.15, 0.2) is 0 Å². The smallest absolute Gasteiger partial charge is 0.324 e. The third kappa shape index (κ3) is 1.86. The molecule has 0 aromatic heterocycles. The van der Waals surface area contributed by atoms with Gasteiger partial charge in [-0.25, -0.2) is 0 Å². The summed E-state index contributed by atoms with van der Waals surface area (Å²) in [5.41, 5.74) is 7.34. The summed E-state index contributed by atoms with van der Waals surface area (Å²) < 4.78 is 0. The van der Waals surface area contributed by atoms with Gasteiger partial charge in [0.25, 0.3) is 0 Å². The lowest BCUT2D eigenvalue weighted by atomic mass is 9.93. The fourth-order valence-electron chi connectivity index (χ4n) is 1.44. The number of Topliss-reactive ketones (excluding diaryl/α,β-unsaturated/α-hetero) is 2. The Morgan fingerprint density at radius 3 is 2.57 bits per heavy atom. The predicted molar refractivity (Wildman–Crippen MR) is 50.8 cm³/mol. The molecule has 0 aliphatic heterocycles. The molecule has 1 fully saturated rings. The van der Waals surface area contributed by atoms with E-state index in [1.165, 1.54) is 0 Å². The van der Waals surface area contributed by atoms with Gasteiger partial charge in [-0.15, -0.1) is 6.58 Å². The van der Waals surface area contributed by atoms with Gasteiger partial charge in [-0.2, -0.15) is 4.79 Å². The second kappa shape index (κ2) is 4.11. The van der Waals surface area contributed by atoms with Crippen LogP contribution in [-0.4, -0.2) is 22.6 Å². The van der Waals surface area contributed by atoms with Crippen LogP contribution in [0.2, 0.25) is 0 Å². The highest BCUT2D eigenvalue weighted by Crippen LogP contribution is 2.47. The standard InChI is InChI=1S/C10H12N2O2/c1-2-3-4-8(13)10(5-6-10)9(14)7-12-11/h2,7H,1,3-6H2. The molecule has 0 spiro atoms. The Hall–Kier alpha value is -1.54. The molecule has 0 aromatic rings. The Labute approximate surface area is 82.2 Å². The number of hydrogen-bond acceptors (Lipinski definition) is 2. The molecule has 4 nitrogen and oxygen atoms in total. The molecule has 0 atom stereocenters. The first kappa shape index (κ1) is 10.5. The molecule has 0 radical (unpaired) electrons. The molecule has 14 heavy (non-hydrogen) atoms. The molecule has 0 unspecified atom stereocenters. The molecule has 0 aromatic carbocycles. The minimum Gasteiger partial charge on any atom is -0.361 e. The lowest BCUT2D eigenvalue weighted by Crippen LogP contribution is -2.26. The number of carbonyl (C=O) groups is 2. The van der Waals surface area contributed by atoms with E-state index >= 15 is 0 Å². The van der Waals surface area contributed by atoms with Crippen molar-refractivity contribution in [3.8, 4) is 0 Å². The van der Waals surface area contributed by atoms with Crippen molar-refractivity contribution in [1.29, 1.82) is 0 Å². The van der Waals surface area contributed by atoms with E-state index < -0.39 is 5.41 Å². The van der Waals surface area contributed by atoms with Crippen LogP contribution in [0.25, 0.3) is 5.53 Å². The van der Waals surface area contributed by atoms with Gasteiger partial charge in [0.05, 0.1) is 5.41 Å². The van der Waals surface area contributed by atoms with Crippen molar-refractivity contribution < 1.29 is 14.4 Å². The van der Waals surface area contributed by atoms with Crippen LogP contribution in [0.5, 0.6) is 0 Å². The Balaban J connectivity index is 2.65. The maximum Gasteiger partial charge on any atom is 0.324 e. The molecule has 0 saturated heterocycles. The van der Waals surface area contributed by atoms with E-state index in [9.17, 15) is 9.59 Å². The minimum atomic E-state index is -0.866. The first-order chi connectivity index (χ1) is 6.67. The van der Waals surface area contributed by atoms with Crippen molar-refractivity contribution >= 4 is 17.8 Å². The van der Waals surface area contributed by atoms with E-state index in [-0.39, 0.29) is 11.6 Å². The SMILES string of the molecule is C=CCCC(=O)C1(C(=O)C=[N+]=[N-])CC1. The lowest BCUT2D eigenvalue weighted by molar-refractivity contribution is -0.132. The van der Waals surface area contributed by atoms with Gasteiger partial charge in [0.2, 0.25) is 5.78 Å². The zero-order valence-corrected chi connectivity index (χ0v) is 7.90. The fraction of sp³-hybridized carbons (Fsp3) is 0.500. The van der Waals surface area contributed by atoms with Gasteiger partial charge >= 0.3 is 6.21 Å². The number of ketones is 2. The quantitative estimate of drug-likeness (QED) is 0.208. The monoisotopic (exact) mass is 192 g/mol. The van der Waals surface area contributed by atoms with Crippen LogP contribution in [-0.2, 0) is 9.59 Å². The van der Waals surface area contributed by atoms with E-state index in [1.54, 1.807) is 6.08 Å². The highest BCUT2D eigenvalue weighted by molar-refractivity contribution is 6.35. The van der Waals surface area contributed by atoms with E-state index in [0.29, 0.717) is 25.7 Å². The molecule has 1 aliphatic rings. The summed E-state index contributed by atoms with van der Waals surface area (Å²) in [5.74, 6) is -0.448. The zero-order valence-electron chi connectivity index (χ0n) is 7.90. The van der Waals surface area contributed by atoms with Crippen LogP contribution in [0, 0.1) is 5.41 Å². The predicted octanol–water partition coefficient (Wildman–Crippen LogP) is 1.17. The van der Waals surface area contributed by atoms with Crippen LogP contribution in [0.3, 0.4) is 0 Å². The van der Waals surface area contributed by atoms with Gasteiger partial charge in [-0.3, -0.25) is 9.59 Å². The molecule has 0 heterocycles. The molecular weight excluding hydrogens is 180 g/mol. The van der Waals surface area contributed by atoms with E-state index in [0.717, 1.165) is 6.21 Å². The van der Waals surface area contributed by atoms with Gasteiger partial charge in [-0.1, -0.05) is 6.08 Å². The van der Waals surface area contributed by atoms with Crippen molar-refractivity contribution in [2.45, 2.75) is 25.7 Å². The average molecular weight is 192 g/mol. The van der Waals surface area contributed by atoms with Crippen molar-refractivity contribution in [1.82, 2.24) is 0 Å². The summed E-state index contributed by atoms with van der Waals surface area (Å²) in [4.78, 5) is 25.6. The van der Waals surface area contributed by atoms with Gasteiger partial charge < -0.3 is 5.53 Å². The number of allylic oxidation sites excluding steroid dienone is 1. The second-order valence-corrected chi connectivity index (χ2v) is 3.44. The first-order valence-electron chi connectivity index (χ1n) is 4.53. The molecule has 0 amide bonds. The lowest BCUT2D eigenvalue weighted by Gasteiger charge is -2.05. The largest absolute Gasteiger partial charge is 0.361 e. The summed E-state index contributed by atoms with van der Waals surface area (Å²) in [6, 6.07) is 0. The van der Waals surface area contributed by atoms with Gasteiger partial charge in [0.1, 0.15) is 5.78 Å². The number of rotatable bonds is 6. The van der Waals surface area contributed by atoms with Crippen molar-refractivity contribution in [3.63, 3.8) is 0 Å². The molecule has 1 rings (SSSR count). The van der Waals surface area contributed by atoms with Crippen molar-refractivity contribution in [2.75, 3.05) is 0 Å². The average Bonchev–Trinajstić information content (AvgIpc) is 2.95. The highest BCUT2D eigenvalue weighted by Gasteiger charge is 2.55. The van der Waals surface area contributed by atoms with Crippen LogP contribution in [0.15, 0.2) is 12.7 Å². The fourth-order valence-corrected chi connectivity index (χ4v) is 1.44. The van der Waals surface area contributed by atoms with Crippen LogP contribution < -0.4 is 0 Å². The Morgan fingerprint density at radius 1 is 1.50 bits per heavy atom. The van der Waals surface area contributed by atoms with E-state index in [2.05, 4.69) is 11.4 Å². The molecule has 1 aliphatic carbocycles. The number of nitrogens with zero attached hydrogens (tertiary/aromatic N) is 2. The summed E-state index contributed by atoms with van der Waals surface area (Å²) in [6.45, 7) is 3.51. The highest BCUT2D eigenvalue weighted by atomic mass is 16.2. The van der Waals surface area contributed by atoms with Crippen molar-refractivity contribution in [3.05, 3.63) is 18.2 Å². The number of carbonyl (C=O) groups excluding carboxylic acids is 2. The van der Waals surface area contributed by atoms with Crippen LogP contribution in [0.4, 0.5) is 0 Å². The molecular formula is C10H12N2O2. The number of hydrogen-bond donors (Lipinski definition) is 0. The molecule has 4 heteroatoms. The maximum absolute atomic E-state index is 11.6. The maximum atomic E-state index is 11.6. The van der Waals surface area contributed by atoms with Crippen molar-refractivity contribution in [2.24, 2.45) is 5.41 Å². The van der Waals surface area contributed by atoms with Crippen LogP contribution in [0.1, 0.15) is 25.7 Å². The Bertz CT molecular complexity index is 323. The third-order valence-electron chi connectivity index (χ3n) is 2.51. The normalized spacial score (nSPS) is 16.6. The Kier molecular flexibility index (Phi) is 3.10. The first-order valence-corrected chi connectivity index (χ1v) is 4.53. The third-order valence-corrected chi connectivity index (χ3v) is 2.51. The molecule has 0 N–H and O–H groups in total. The Morgan fingerprint density at radius 2 is 2.14 bits per heavy atom. The summed E-state index contributed by atoms with van der Waals surface area (Å²) in [6.07, 6.45) is 4.55. The minimum absolute atomic E-state index is 0.0673. The summed E-state index contributed by atoms with van der Waals surface area (Å²) in [5, 5.41) is 0.